The minimum absolute atomic E-state index is 0.250. The summed E-state index contributed by atoms with van der Waals surface area (Å²) in [7, 11) is 3.30. The highest BCUT2D eigenvalue weighted by atomic mass is 79.9. The first kappa shape index (κ1) is 17.4. The number of amides is 2. The number of halogens is 1. The van der Waals surface area contributed by atoms with Gasteiger partial charge in [-0.2, -0.15) is 0 Å². The molecule has 6 nitrogen and oxygen atoms in total. The Morgan fingerprint density at radius 3 is 2.74 bits per heavy atom. The van der Waals surface area contributed by atoms with Crippen LogP contribution < -0.4 is 10.1 Å². The number of para-hydroxylation sites is 2. The number of nitrogens with zero attached hydrogens (tertiary/aromatic N) is 1. The molecule has 0 saturated carbocycles. The van der Waals surface area contributed by atoms with Crippen LogP contribution in [0.25, 0.3) is 0 Å². The average molecular weight is 383 g/mol. The fourth-order valence-electron chi connectivity index (χ4n) is 1.88. The molecule has 1 N–H and O–H groups in total. The van der Waals surface area contributed by atoms with Crippen LogP contribution in [0.5, 0.6) is 5.75 Å². The van der Waals surface area contributed by atoms with Crippen LogP contribution in [0.4, 0.5) is 10.5 Å². The SMILES string of the molecule is COCCOc1ccccc1NC(=O)N(C)Cc1ccc(Br)o1. The summed E-state index contributed by atoms with van der Waals surface area (Å²) < 4.78 is 16.6. The molecule has 1 aromatic heterocycles. The van der Waals surface area contributed by atoms with E-state index in [9.17, 15) is 4.79 Å². The number of urea groups is 1. The Labute approximate surface area is 143 Å². The first-order chi connectivity index (χ1) is 11.1. The Balaban J connectivity index is 1.96. The monoisotopic (exact) mass is 382 g/mol. The van der Waals surface area contributed by atoms with Gasteiger partial charge in [-0.1, -0.05) is 12.1 Å². The lowest BCUT2D eigenvalue weighted by molar-refractivity contribution is 0.146. The zero-order valence-corrected chi connectivity index (χ0v) is 14.6. The summed E-state index contributed by atoms with van der Waals surface area (Å²) in [4.78, 5) is 13.8. The van der Waals surface area contributed by atoms with Crippen molar-refractivity contribution in [1.29, 1.82) is 0 Å². The fourth-order valence-corrected chi connectivity index (χ4v) is 2.22. The van der Waals surface area contributed by atoms with E-state index in [2.05, 4.69) is 21.2 Å². The lowest BCUT2D eigenvalue weighted by Crippen LogP contribution is -2.30. The molecule has 0 unspecified atom stereocenters. The van der Waals surface area contributed by atoms with Gasteiger partial charge in [0.15, 0.2) is 4.67 Å². The van der Waals surface area contributed by atoms with E-state index in [1.54, 1.807) is 32.4 Å². The number of nitrogens with one attached hydrogen (secondary N) is 1. The molecule has 0 bridgehead atoms. The molecule has 0 atom stereocenters. The number of carbonyl (C=O) groups is 1. The van der Waals surface area contributed by atoms with Crippen molar-refractivity contribution in [1.82, 2.24) is 4.90 Å². The predicted molar refractivity (Wildman–Crippen MR) is 90.7 cm³/mol. The molecule has 0 fully saturated rings. The van der Waals surface area contributed by atoms with Crippen molar-refractivity contribution in [3.63, 3.8) is 0 Å². The Morgan fingerprint density at radius 2 is 2.04 bits per heavy atom. The maximum absolute atomic E-state index is 12.3. The zero-order chi connectivity index (χ0) is 16.7. The van der Waals surface area contributed by atoms with Crippen molar-refractivity contribution in [3.05, 3.63) is 46.8 Å². The van der Waals surface area contributed by atoms with Gasteiger partial charge in [0.2, 0.25) is 0 Å². The summed E-state index contributed by atoms with van der Waals surface area (Å²) in [5.74, 6) is 1.30. The third-order valence-corrected chi connectivity index (χ3v) is 3.47. The van der Waals surface area contributed by atoms with Crippen LogP contribution in [0.1, 0.15) is 5.76 Å². The second-order valence-electron chi connectivity index (χ2n) is 4.83. The molecule has 23 heavy (non-hydrogen) atoms. The Hall–Kier alpha value is -1.99. The van der Waals surface area contributed by atoms with E-state index in [0.717, 1.165) is 0 Å². The molecule has 0 aliphatic carbocycles. The van der Waals surface area contributed by atoms with Crippen LogP contribution in [0.3, 0.4) is 0 Å². The molecule has 0 saturated heterocycles. The van der Waals surface area contributed by atoms with E-state index < -0.39 is 0 Å². The smallest absolute Gasteiger partial charge is 0.322 e. The van der Waals surface area contributed by atoms with Crippen molar-refractivity contribution in [3.8, 4) is 5.75 Å². The molecule has 2 aromatic rings. The highest BCUT2D eigenvalue weighted by molar-refractivity contribution is 9.10. The van der Waals surface area contributed by atoms with Gasteiger partial charge in [0.25, 0.3) is 0 Å². The standard InChI is InChI=1S/C16H19BrN2O4/c1-19(11-12-7-8-15(17)23-12)16(20)18-13-5-3-4-6-14(13)22-10-9-21-2/h3-8H,9-11H2,1-2H3,(H,18,20). The summed E-state index contributed by atoms with van der Waals surface area (Å²) in [6, 6.07) is 10.6. The van der Waals surface area contributed by atoms with Gasteiger partial charge in [0.05, 0.1) is 18.8 Å². The predicted octanol–water partition coefficient (Wildman–Crippen LogP) is 3.73. The molecule has 1 aromatic carbocycles. The highest BCUT2D eigenvalue weighted by Crippen LogP contribution is 2.24. The van der Waals surface area contributed by atoms with E-state index >= 15 is 0 Å². The van der Waals surface area contributed by atoms with Crippen LogP contribution in [0.2, 0.25) is 0 Å². The van der Waals surface area contributed by atoms with Crippen LogP contribution in [-0.4, -0.2) is 38.3 Å². The Bertz CT molecular complexity index is 645. The van der Waals surface area contributed by atoms with Gasteiger partial charge in [-0.3, -0.25) is 0 Å². The maximum Gasteiger partial charge on any atom is 0.322 e. The molecule has 2 amide bonds. The number of anilines is 1. The first-order valence-corrected chi connectivity index (χ1v) is 7.86. The lowest BCUT2D eigenvalue weighted by atomic mass is 10.3. The Morgan fingerprint density at radius 1 is 1.26 bits per heavy atom. The number of ether oxygens (including phenoxy) is 2. The summed E-state index contributed by atoms with van der Waals surface area (Å²) in [6.45, 7) is 1.26. The molecule has 0 aliphatic heterocycles. The van der Waals surface area contributed by atoms with Crippen molar-refractivity contribution < 1.29 is 18.7 Å². The van der Waals surface area contributed by atoms with Gasteiger partial charge >= 0.3 is 6.03 Å². The number of hydrogen-bond acceptors (Lipinski definition) is 4. The van der Waals surface area contributed by atoms with Crippen molar-refractivity contribution in [2.45, 2.75) is 6.54 Å². The molecule has 0 spiro atoms. The van der Waals surface area contributed by atoms with E-state index in [-0.39, 0.29) is 6.03 Å². The fraction of sp³-hybridized carbons (Fsp3) is 0.312. The number of methoxy groups -OCH3 is 1. The van der Waals surface area contributed by atoms with E-state index in [1.807, 2.05) is 18.2 Å². The third kappa shape index (κ3) is 5.30. The van der Waals surface area contributed by atoms with Crippen molar-refractivity contribution in [2.75, 3.05) is 32.7 Å². The zero-order valence-electron chi connectivity index (χ0n) is 13.0. The van der Waals surface area contributed by atoms with Gasteiger partial charge in [-0.25, -0.2) is 4.79 Å². The normalized spacial score (nSPS) is 10.4. The number of carbonyl (C=O) groups excluding carboxylic acids is 1. The van der Waals surface area contributed by atoms with E-state index in [0.29, 0.717) is 41.6 Å². The molecular formula is C16H19BrN2O4. The second-order valence-corrected chi connectivity index (χ2v) is 5.61. The van der Waals surface area contributed by atoms with Gasteiger partial charge in [-0.05, 0) is 40.2 Å². The molecule has 2 rings (SSSR count). The number of benzene rings is 1. The Kier molecular flexibility index (Phi) is 6.49. The average Bonchev–Trinajstić information content (AvgIpc) is 2.94. The van der Waals surface area contributed by atoms with Crippen molar-refractivity contribution >= 4 is 27.6 Å². The molecule has 1 heterocycles. The molecule has 124 valence electrons. The van der Waals surface area contributed by atoms with Gasteiger partial charge < -0.3 is 24.1 Å². The van der Waals surface area contributed by atoms with E-state index in [4.69, 9.17) is 13.9 Å². The number of furan rings is 1. The molecule has 0 aliphatic rings. The maximum atomic E-state index is 12.3. The molecule has 0 radical (unpaired) electrons. The number of hydrogen-bond donors (Lipinski definition) is 1. The van der Waals surface area contributed by atoms with Crippen LogP contribution in [0, 0.1) is 0 Å². The summed E-state index contributed by atoms with van der Waals surface area (Å²) in [6.07, 6.45) is 0. The third-order valence-electron chi connectivity index (χ3n) is 3.04. The topological polar surface area (TPSA) is 63.9 Å². The van der Waals surface area contributed by atoms with Crippen LogP contribution in [-0.2, 0) is 11.3 Å². The van der Waals surface area contributed by atoms with E-state index in [1.165, 1.54) is 4.90 Å². The molecular weight excluding hydrogens is 364 g/mol. The van der Waals surface area contributed by atoms with Crippen molar-refractivity contribution in [2.24, 2.45) is 0 Å². The lowest BCUT2D eigenvalue weighted by Gasteiger charge is -2.18. The summed E-state index contributed by atoms with van der Waals surface area (Å²) in [5, 5.41) is 2.83. The molecule has 7 heteroatoms. The summed E-state index contributed by atoms with van der Waals surface area (Å²) in [5.41, 5.74) is 0.612. The van der Waals surface area contributed by atoms with Gasteiger partial charge in [0, 0.05) is 14.2 Å². The quantitative estimate of drug-likeness (QED) is 0.740. The van der Waals surface area contributed by atoms with Crippen LogP contribution >= 0.6 is 15.9 Å². The van der Waals surface area contributed by atoms with Gasteiger partial charge in [0.1, 0.15) is 18.1 Å². The highest BCUT2D eigenvalue weighted by Gasteiger charge is 2.13. The number of rotatable bonds is 7. The first-order valence-electron chi connectivity index (χ1n) is 7.07. The second kappa shape index (κ2) is 8.59. The van der Waals surface area contributed by atoms with Gasteiger partial charge in [-0.15, -0.1) is 0 Å². The largest absolute Gasteiger partial charge is 0.489 e. The van der Waals surface area contributed by atoms with Crippen LogP contribution in [0.15, 0.2) is 45.5 Å². The minimum atomic E-state index is -0.250. The summed E-state index contributed by atoms with van der Waals surface area (Å²) >= 11 is 3.24. The minimum Gasteiger partial charge on any atom is -0.489 e.